The van der Waals surface area contributed by atoms with Gasteiger partial charge in [-0.3, -0.25) is 0 Å². The lowest BCUT2D eigenvalue weighted by Gasteiger charge is -2.10. The zero-order valence-electron chi connectivity index (χ0n) is 14.5. The van der Waals surface area contributed by atoms with E-state index < -0.39 is 0 Å². The number of anilines is 1. The van der Waals surface area contributed by atoms with E-state index in [1.807, 2.05) is 107 Å². The number of thiocarbonyl (C=S) groups is 1. The van der Waals surface area contributed by atoms with Crippen LogP contribution in [0.25, 0.3) is 17.0 Å². The fourth-order valence-electron chi connectivity index (χ4n) is 2.91. The molecule has 0 aliphatic heterocycles. The maximum Gasteiger partial charge on any atom is 0.288 e. The summed E-state index contributed by atoms with van der Waals surface area (Å²) in [5.74, 6) is 0.116. The number of fused-ring (bicyclic) bond motifs is 1. The smallest absolute Gasteiger partial charge is 0.288 e. The van der Waals surface area contributed by atoms with Gasteiger partial charge in [-0.15, -0.1) is 0 Å². The average Bonchev–Trinajstić information content (AvgIpc) is 3.17. The third-order valence-electron chi connectivity index (χ3n) is 4.25. The number of aliphatic hydroxyl groups is 1. The number of para-hydroxylation sites is 1. The van der Waals surface area contributed by atoms with Crippen LogP contribution in [0.4, 0.5) is 5.69 Å². The molecular formula is C22H18N3OS+. The molecule has 0 aliphatic carbocycles. The Kier molecular flexibility index (Phi) is 4.68. The molecule has 0 atom stereocenters. The zero-order valence-corrected chi connectivity index (χ0v) is 15.3. The van der Waals surface area contributed by atoms with E-state index in [1.165, 1.54) is 0 Å². The minimum absolute atomic E-state index is 0.116. The minimum atomic E-state index is 0.116. The molecular weight excluding hydrogens is 354 g/mol. The maximum atomic E-state index is 11.0. The first-order valence-corrected chi connectivity index (χ1v) is 8.96. The van der Waals surface area contributed by atoms with Crippen LogP contribution in [0.15, 0.2) is 97.6 Å². The van der Waals surface area contributed by atoms with Gasteiger partial charge in [0.1, 0.15) is 5.52 Å². The average molecular weight is 372 g/mol. The Morgan fingerprint density at radius 2 is 1.59 bits per heavy atom. The second-order valence-corrected chi connectivity index (χ2v) is 6.47. The van der Waals surface area contributed by atoms with E-state index in [2.05, 4.69) is 5.32 Å². The van der Waals surface area contributed by atoms with Gasteiger partial charge in [-0.05, 0) is 24.3 Å². The predicted molar refractivity (Wildman–Crippen MR) is 112 cm³/mol. The van der Waals surface area contributed by atoms with E-state index in [4.69, 9.17) is 12.2 Å². The summed E-state index contributed by atoms with van der Waals surface area (Å²) in [7, 11) is 0. The highest BCUT2D eigenvalue weighted by molar-refractivity contribution is 7.81. The van der Waals surface area contributed by atoms with Crippen molar-refractivity contribution < 1.29 is 9.67 Å². The van der Waals surface area contributed by atoms with Crippen molar-refractivity contribution in [3.63, 3.8) is 0 Å². The molecule has 0 aliphatic rings. The van der Waals surface area contributed by atoms with E-state index in [-0.39, 0.29) is 5.76 Å². The van der Waals surface area contributed by atoms with E-state index in [0.717, 1.165) is 11.2 Å². The number of hydrogen-bond donors (Lipinski definition) is 2. The van der Waals surface area contributed by atoms with Crippen LogP contribution in [0.2, 0.25) is 0 Å². The standard InChI is InChI=1S/C22H17N3OS/c26-21(17-8-3-1-4-9-17)20(22(27)23-18-10-5-2-6-11-18)25-15-14-24-13-7-12-19(24)16-25/h1-16H,(H-,23,26,27)/p+1. The van der Waals surface area contributed by atoms with Gasteiger partial charge in [0.2, 0.25) is 0 Å². The Morgan fingerprint density at radius 1 is 0.889 bits per heavy atom. The van der Waals surface area contributed by atoms with Crippen LogP contribution in [0.3, 0.4) is 0 Å². The number of nitrogens with one attached hydrogen (secondary N) is 1. The first-order valence-electron chi connectivity index (χ1n) is 8.56. The molecule has 2 heterocycles. The molecule has 4 aromatic rings. The Morgan fingerprint density at radius 3 is 2.33 bits per heavy atom. The van der Waals surface area contributed by atoms with Crippen LogP contribution in [0.1, 0.15) is 5.56 Å². The quantitative estimate of drug-likeness (QED) is 0.239. The highest BCUT2D eigenvalue weighted by atomic mass is 32.1. The molecule has 0 fully saturated rings. The molecule has 132 valence electrons. The molecule has 0 saturated carbocycles. The van der Waals surface area contributed by atoms with Crippen LogP contribution in [-0.4, -0.2) is 14.5 Å². The summed E-state index contributed by atoms with van der Waals surface area (Å²) in [6, 6.07) is 23.1. The van der Waals surface area contributed by atoms with Crippen molar-refractivity contribution in [3.8, 4) is 0 Å². The molecule has 2 N–H and O–H groups in total. The molecule has 4 rings (SSSR count). The van der Waals surface area contributed by atoms with Gasteiger partial charge in [-0.2, -0.15) is 4.57 Å². The molecule has 0 unspecified atom stereocenters. The van der Waals surface area contributed by atoms with Crippen molar-refractivity contribution >= 4 is 39.9 Å². The van der Waals surface area contributed by atoms with Gasteiger partial charge >= 0.3 is 0 Å². The largest absolute Gasteiger partial charge is 0.502 e. The van der Waals surface area contributed by atoms with E-state index in [0.29, 0.717) is 16.2 Å². The first kappa shape index (κ1) is 17.0. The molecule has 0 saturated heterocycles. The third kappa shape index (κ3) is 3.59. The van der Waals surface area contributed by atoms with E-state index in [9.17, 15) is 5.11 Å². The highest BCUT2D eigenvalue weighted by Gasteiger charge is 2.24. The lowest BCUT2D eigenvalue weighted by molar-refractivity contribution is -0.575. The topological polar surface area (TPSA) is 40.5 Å². The second-order valence-electron chi connectivity index (χ2n) is 6.06. The fraction of sp³-hybridized carbons (Fsp3) is 0. The van der Waals surface area contributed by atoms with Crippen LogP contribution >= 0.6 is 12.2 Å². The summed E-state index contributed by atoms with van der Waals surface area (Å²) in [5.41, 5.74) is 3.08. The molecule has 2 aromatic carbocycles. The Hall–Kier alpha value is -3.44. The number of benzene rings is 2. The van der Waals surface area contributed by atoms with Gasteiger partial charge in [0.25, 0.3) is 5.70 Å². The van der Waals surface area contributed by atoms with Crippen LogP contribution in [0, 0.1) is 0 Å². The molecule has 0 radical (unpaired) electrons. The number of aromatic nitrogens is 2. The number of aliphatic hydroxyl groups excluding tert-OH is 1. The van der Waals surface area contributed by atoms with Gasteiger partial charge in [-0.25, -0.2) is 0 Å². The van der Waals surface area contributed by atoms with Crippen molar-refractivity contribution in [2.45, 2.75) is 0 Å². The Labute approximate surface area is 162 Å². The number of hydrogen-bond acceptors (Lipinski definition) is 2. The third-order valence-corrected chi connectivity index (χ3v) is 4.54. The normalized spacial score (nSPS) is 11.9. The molecule has 4 nitrogen and oxygen atoms in total. The van der Waals surface area contributed by atoms with E-state index in [1.54, 1.807) is 0 Å². The van der Waals surface area contributed by atoms with Gasteiger partial charge < -0.3 is 14.8 Å². The number of rotatable bonds is 4. The summed E-state index contributed by atoms with van der Waals surface area (Å²) >= 11 is 5.66. The van der Waals surface area contributed by atoms with Gasteiger partial charge in [-0.1, -0.05) is 60.7 Å². The van der Waals surface area contributed by atoms with Crippen molar-refractivity contribution in [2.24, 2.45) is 0 Å². The fourth-order valence-corrected chi connectivity index (χ4v) is 3.23. The summed E-state index contributed by atoms with van der Waals surface area (Å²) in [5, 5.41) is 14.2. The summed E-state index contributed by atoms with van der Waals surface area (Å²) in [6.45, 7) is 0. The lowest BCUT2D eigenvalue weighted by Crippen LogP contribution is -2.38. The molecule has 0 amide bonds. The van der Waals surface area contributed by atoms with E-state index >= 15 is 0 Å². The van der Waals surface area contributed by atoms with Crippen molar-refractivity contribution in [1.82, 2.24) is 4.40 Å². The Bertz CT molecular complexity index is 1120. The lowest BCUT2D eigenvalue weighted by atomic mass is 10.1. The highest BCUT2D eigenvalue weighted by Crippen LogP contribution is 2.19. The van der Waals surface area contributed by atoms with Gasteiger partial charge in [0.15, 0.2) is 23.1 Å². The van der Waals surface area contributed by atoms with Crippen molar-refractivity contribution in [2.75, 3.05) is 5.32 Å². The predicted octanol–water partition coefficient (Wildman–Crippen LogP) is 4.55. The van der Waals surface area contributed by atoms with Crippen LogP contribution < -0.4 is 9.88 Å². The minimum Gasteiger partial charge on any atom is -0.502 e. The second kappa shape index (κ2) is 7.43. The Balaban J connectivity index is 1.83. The van der Waals surface area contributed by atoms with Crippen molar-refractivity contribution in [1.29, 1.82) is 0 Å². The van der Waals surface area contributed by atoms with Crippen LogP contribution in [0.5, 0.6) is 0 Å². The maximum absolute atomic E-state index is 11.0. The molecule has 0 bridgehead atoms. The molecule has 5 heteroatoms. The molecule has 27 heavy (non-hydrogen) atoms. The van der Waals surface area contributed by atoms with Gasteiger partial charge in [0, 0.05) is 17.4 Å². The SMILES string of the molecule is O/C(=C(/C(=S)Nc1ccccc1)[n+]1ccn2cccc2c1)c1ccccc1. The zero-order chi connectivity index (χ0) is 18.6. The summed E-state index contributed by atoms with van der Waals surface area (Å²) < 4.78 is 3.84. The summed E-state index contributed by atoms with van der Waals surface area (Å²) in [6.07, 6.45) is 7.72. The summed E-state index contributed by atoms with van der Waals surface area (Å²) in [4.78, 5) is 0.434. The molecule has 0 spiro atoms. The molecule has 2 aromatic heterocycles. The number of nitrogens with zero attached hydrogens (tertiary/aromatic N) is 2. The first-order chi connectivity index (χ1) is 13.2. The monoisotopic (exact) mass is 372 g/mol. The van der Waals surface area contributed by atoms with Gasteiger partial charge in [0.05, 0.1) is 6.20 Å². The van der Waals surface area contributed by atoms with Crippen molar-refractivity contribution in [3.05, 3.63) is 103 Å². The van der Waals surface area contributed by atoms with Crippen LogP contribution in [-0.2, 0) is 0 Å².